The lowest BCUT2D eigenvalue weighted by molar-refractivity contribution is -0.133. The number of rotatable bonds is 16. The summed E-state index contributed by atoms with van der Waals surface area (Å²) in [6.07, 6.45) is 16.8. The number of ketones is 2. The predicted molar refractivity (Wildman–Crippen MR) is 493 cm³/mol. The fourth-order valence-electron chi connectivity index (χ4n) is 17.1. The van der Waals surface area contributed by atoms with Gasteiger partial charge in [-0.2, -0.15) is 0 Å². The van der Waals surface area contributed by atoms with Crippen molar-refractivity contribution >= 4 is 139 Å². The number of esters is 1. The van der Waals surface area contributed by atoms with E-state index in [2.05, 4.69) is 46.8 Å². The molecule has 5 atom stereocenters. The average molecular weight is 1820 g/mol. The van der Waals surface area contributed by atoms with Gasteiger partial charge in [0.05, 0.1) is 27.9 Å². The first-order chi connectivity index (χ1) is 58.1. The zero-order chi connectivity index (χ0) is 89.5. The van der Waals surface area contributed by atoms with Crippen molar-refractivity contribution in [3.05, 3.63) is 209 Å². The first-order valence-corrected chi connectivity index (χ1v) is 44.7. The molecule has 4 aliphatic heterocycles. The van der Waals surface area contributed by atoms with E-state index < -0.39 is 12.0 Å². The third-order valence-electron chi connectivity index (χ3n) is 23.2. The number of amides is 4. The number of H-pyrrole nitrogens is 3. The van der Waals surface area contributed by atoms with E-state index in [4.69, 9.17) is 22.1 Å². The summed E-state index contributed by atoms with van der Waals surface area (Å²) in [5.41, 5.74) is 19.2. The molecule has 0 spiro atoms. The molecule has 1 aliphatic carbocycles. The number of aromatic amines is 3. The lowest BCUT2D eigenvalue weighted by atomic mass is 9.99. The Labute approximate surface area is 737 Å². The molecule has 0 radical (unpaired) electrons. The van der Waals surface area contributed by atoms with Gasteiger partial charge in [0, 0.05) is 165 Å². The monoisotopic (exact) mass is 1820 g/mol. The number of carbonyl (C=O) groups excluding carboxylic acids is 8. The van der Waals surface area contributed by atoms with Gasteiger partial charge in [-0.05, 0) is 214 Å². The largest absolute Gasteiger partial charge is 0.478 e. The molecule has 5 aliphatic rings. The van der Waals surface area contributed by atoms with E-state index in [0.29, 0.717) is 46.3 Å². The Balaban J connectivity index is 0.000000184. The quantitative estimate of drug-likeness (QED) is 0.0260. The van der Waals surface area contributed by atoms with Gasteiger partial charge in [0.15, 0.2) is 11.6 Å². The van der Waals surface area contributed by atoms with Crippen molar-refractivity contribution in [3.63, 3.8) is 0 Å². The van der Waals surface area contributed by atoms with Crippen LogP contribution in [0.5, 0.6) is 0 Å². The van der Waals surface area contributed by atoms with Gasteiger partial charge in [-0.3, -0.25) is 43.2 Å². The molecule has 15 rings (SSSR count). The molecule has 24 nitrogen and oxygen atoms in total. The minimum atomic E-state index is -0.951. The van der Waals surface area contributed by atoms with Crippen LogP contribution in [0, 0.1) is 55.4 Å². The number of hydrogen-bond donors (Lipinski definition) is 5. The topological polar surface area (TPSA) is 318 Å². The molecule has 6 aromatic heterocycles. The van der Waals surface area contributed by atoms with Gasteiger partial charge in [-0.25, -0.2) is 9.59 Å². The minimum Gasteiger partial charge on any atom is -0.478 e. The lowest BCUT2D eigenvalue weighted by Crippen LogP contribution is -2.34. The van der Waals surface area contributed by atoms with E-state index in [1.807, 2.05) is 213 Å². The number of fused-ring (bicyclic) bond motifs is 4. The molecule has 5 fully saturated rings. The second-order valence-electron chi connectivity index (χ2n) is 32.0. The lowest BCUT2D eigenvalue weighted by Gasteiger charge is -2.23. The Bertz CT molecular complexity index is 5480. The Kier molecular flexibility index (Phi) is 36.7. The van der Waals surface area contributed by atoms with Crippen LogP contribution in [0.1, 0.15) is 247 Å². The van der Waals surface area contributed by atoms with Gasteiger partial charge in [0.1, 0.15) is 18.1 Å². The number of benzene rings is 4. The van der Waals surface area contributed by atoms with Gasteiger partial charge in [0.25, 0.3) is 11.1 Å². The molecule has 4 aromatic carbocycles. The molecule has 1 saturated carbocycles. The van der Waals surface area contributed by atoms with E-state index in [0.717, 1.165) is 174 Å². The van der Waals surface area contributed by atoms with Crippen LogP contribution in [-0.4, -0.2) is 175 Å². The van der Waals surface area contributed by atoms with Crippen LogP contribution in [0.4, 0.5) is 0 Å². The smallest absolute Gasteiger partial charge is 0.340 e. The van der Waals surface area contributed by atoms with Crippen molar-refractivity contribution in [2.75, 3.05) is 59.5 Å². The molecule has 10 heterocycles. The fraction of sp³-hybridized carbons (Fsp3) is 0.463. The number of ether oxygens (including phenoxy) is 1. The standard InChI is InChI=1S/C26H31N3O3.C18H22N2O3.C17H20N2O3.C11H11NO.C8H12N2O.C7H12BrNO.C5H10.C3H4BrClO/c1-16-15-17(2)27-25(31)20(16)11-12-23(30)24-18(3)29(22-10-6-5-9-21(22)24)19(4)26(32)28-13-7-8-14-28;1-12-16(18(22)23-3)14-8-4-5-9-15(14)20(12)13(2)17(21)19-10-6-7-11-19;1-11-15(17(21)22)13-7-3-4-8-14(13)19(11)12(2)16(20)18-9-5-6-10-18;1-7-11(8(2)13)9-5-3-4-6-10(9)12-7;1-5-3-6(2)10-8(11)7(5)4-9;1-6(8)7(10)9-4-2-3-5-9;1-2-4-5-3-1;1-2(4)3(5)6/h5-6,9-10,15,19H,7-8,11-14H2,1-4H3,(H,27,31);4-5,8-9,13H,6-7,10-11H2,1-3H3;3-4,7-8,12H,5-6,9-10H2,1-2H3,(H,21,22);3-6,12H,1-2H3;3H,4,9H2,1-2H3,(H,10,11);6H,2-5H2,1H3;1-5H2;2H,1H3. The molecular formula is C95H122Br2ClN11O13. The Morgan fingerprint density at radius 3 is 1.12 bits per heavy atom. The van der Waals surface area contributed by atoms with E-state index in [9.17, 15) is 57.8 Å². The number of carboxylic acid groups (broad SMARTS) is 1. The van der Waals surface area contributed by atoms with Gasteiger partial charge in [-0.15, -0.1) is 0 Å². The van der Waals surface area contributed by atoms with Crippen LogP contribution in [-0.2, 0) is 41.7 Å². The van der Waals surface area contributed by atoms with Gasteiger partial charge in [-0.1, -0.05) is 137 Å². The van der Waals surface area contributed by atoms with Crippen molar-refractivity contribution in [2.24, 2.45) is 5.73 Å². The molecule has 6 N–H and O–H groups in total. The number of halogens is 3. The van der Waals surface area contributed by atoms with Crippen molar-refractivity contribution in [1.82, 2.24) is 48.3 Å². The number of nitrogens with two attached hydrogens (primary N) is 1. The fourth-order valence-corrected chi connectivity index (χ4v) is 17.4. The number of hydrogen-bond acceptors (Lipinski definition) is 13. The number of aryl methyl sites for hydroxylation is 5. The van der Waals surface area contributed by atoms with Crippen molar-refractivity contribution in [3.8, 4) is 0 Å². The van der Waals surface area contributed by atoms with Gasteiger partial charge >= 0.3 is 11.9 Å². The SMILES string of the molecule is C1CCCC1.CC(=O)c1c(C)[nH]c2ccccc12.CC(Br)C(=O)Cl.CC(Br)C(=O)N1CCCC1.COC(=O)c1c(C)n(C(C)C(=O)N2CCCC2)c2ccccc12.Cc1c(C(=O)O)c2ccccc2n1C(C)C(=O)N1CCCC1.Cc1cc(C)c(CCC(=O)c2c(C)n(C(C)C(=O)N3CCCC3)c3ccccc23)c(=O)[nH]1.Cc1cc(C)c(CN)c(=O)[nH]1. The van der Waals surface area contributed by atoms with Crippen molar-refractivity contribution in [1.29, 1.82) is 0 Å². The first kappa shape index (κ1) is 97.4. The maximum absolute atomic E-state index is 13.4. The summed E-state index contributed by atoms with van der Waals surface area (Å²) >= 11 is 11.1. The number of Topliss-reactive ketones (excluding diaryl/α,β-unsaturated/α-hetero) is 2. The normalized spacial score (nSPS) is 15.2. The zero-order valence-corrected chi connectivity index (χ0v) is 77.4. The number of likely N-dealkylation sites (tertiary alicyclic amines) is 4. The van der Waals surface area contributed by atoms with Crippen molar-refractivity contribution in [2.45, 2.75) is 228 Å². The van der Waals surface area contributed by atoms with E-state index in [-0.39, 0.29) is 91.2 Å². The highest BCUT2D eigenvalue weighted by Gasteiger charge is 2.34. The van der Waals surface area contributed by atoms with E-state index in [1.54, 1.807) is 26.8 Å². The van der Waals surface area contributed by atoms with Crippen LogP contribution in [0.2, 0.25) is 0 Å². The highest BCUT2D eigenvalue weighted by molar-refractivity contribution is 9.10. The van der Waals surface area contributed by atoms with Crippen LogP contribution in [0.15, 0.2) is 119 Å². The molecule has 122 heavy (non-hydrogen) atoms. The van der Waals surface area contributed by atoms with Crippen LogP contribution in [0.25, 0.3) is 43.6 Å². The highest BCUT2D eigenvalue weighted by atomic mass is 79.9. The summed E-state index contributed by atoms with van der Waals surface area (Å²) in [6, 6.07) is 33.4. The maximum atomic E-state index is 13.4. The number of nitrogens with zero attached hydrogens (tertiary/aromatic N) is 7. The summed E-state index contributed by atoms with van der Waals surface area (Å²) in [6.45, 7) is 32.9. The number of aromatic carboxylic acids is 1. The summed E-state index contributed by atoms with van der Waals surface area (Å²) in [7, 11) is 1.38. The van der Waals surface area contributed by atoms with Gasteiger partial charge < -0.3 is 63.8 Å². The molecular weight excluding hydrogens is 1700 g/mol. The zero-order valence-electron chi connectivity index (χ0n) is 73.4. The first-order valence-electron chi connectivity index (χ1n) is 42.5. The number of para-hydroxylation sites is 4. The number of methoxy groups -OCH3 is 1. The summed E-state index contributed by atoms with van der Waals surface area (Å²) in [5, 5.41) is 12.6. The van der Waals surface area contributed by atoms with Gasteiger partial charge in [0.2, 0.25) is 28.9 Å². The highest BCUT2D eigenvalue weighted by Crippen LogP contribution is 2.35. The molecule has 10 aromatic rings. The summed E-state index contributed by atoms with van der Waals surface area (Å²) in [4.78, 5) is 148. The number of pyridine rings is 2. The van der Waals surface area contributed by atoms with Crippen LogP contribution >= 0.6 is 43.5 Å². The number of carbonyl (C=O) groups is 9. The third-order valence-corrected chi connectivity index (χ3v) is 24.6. The second-order valence-corrected chi connectivity index (χ2v) is 35.2. The third kappa shape index (κ3) is 24.3. The maximum Gasteiger partial charge on any atom is 0.340 e. The Hall–Kier alpha value is -10.0. The number of aromatic nitrogens is 6. The molecule has 4 saturated heterocycles. The van der Waals surface area contributed by atoms with Crippen LogP contribution in [0.3, 0.4) is 0 Å². The number of alkyl halides is 2. The molecule has 4 amide bonds. The predicted octanol–water partition coefficient (Wildman–Crippen LogP) is 18.0. The van der Waals surface area contributed by atoms with E-state index in [1.165, 1.54) is 52.1 Å². The summed E-state index contributed by atoms with van der Waals surface area (Å²) in [5.74, 6) is -0.676. The van der Waals surface area contributed by atoms with E-state index >= 15 is 0 Å². The number of carboxylic acids is 1. The molecule has 0 bridgehead atoms. The molecule has 27 heteroatoms. The Morgan fingerprint density at radius 1 is 0.451 bits per heavy atom. The second kappa shape index (κ2) is 45.9. The summed E-state index contributed by atoms with van der Waals surface area (Å²) < 4.78 is 10.8. The Morgan fingerprint density at radius 2 is 0.779 bits per heavy atom. The average Bonchev–Trinajstić information content (AvgIpc) is 1.61. The van der Waals surface area contributed by atoms with Crippen LogP contribution < -0.4 is 16.9 Å². The minimum absolute atomic E-state index is 0.00218. The molecule has 656 valence electrons. The number of nitrogens with one attached hydrogen (secondary N) is 3. The van der Waals surface area contributed by atoms with Crippen molar-refractivity contribution < 1.29 is 53.0 Å². The molecule has 5 unspecified atom stereocenters.